The van der Waals surface area contributed by atoms with E-state index in [9.17, 15) is 19.4 Å². The fraction of sp³-hybridized carbons (Fsp3) is 0.136. The zero-order chi connectivity index (χ0) is 19.5. The van der Waals surface area contributed by atoms with Crippen LogP contribution in [0.25, 0.3) is 0 Å². The molecule has 5 rings (SSSR count). The highest BCUT2D eigenvalue weighted by Gasteiger charge is 2.57. The molecule has 0 aliphatic carbocycles. The Balaban J connectivity index is 1.65. The molecule has 0 saturated carbocycles. The Labute approximate surface area is 160 Å². The lowest BCUT2D eigenvalue weighted by atomic mass is 9.77. The molecule has 0 radical (unpaired) electrons. The van der Waals surface area contributed by atoms with Crippen LogP contribution in [0.3, 0.4) is 0 Å². The van der Waals surface area contributed by atoms with Crippen molar-refractivity contribution in [3.05, 3.63) is 83.2 Å². The number of rotatable bonds is 2. The van der Waals surface area contributed by atoms with Gasteiger partial charge in [0.15, 0.2) is 11.5 Å². The summed E-state index contributed by atoms with van der Waals surface area (Å²) >= 11 is 0. The average Bonchev–Trinajstić information content (AvgIpc) is 3.17. The predicted molar refractivity (Wildman–Crippen MR) is 100 cm³/mol. The van der Waals surface area contributed by atoms with Crippen LogP contribution in [-0.2, 0) is 16.8 Å². The van der Waals surface area contributed by atoms with E-state index in [0.29, 0.717) is 11.3 Å². The normalized spacial score (nSPS) is 19.6. The van der Waals surface area contributed by atoms with Gasteiger partial charge in [0.25, 0.3) is 0 Å². The molecule has 5 nitrogen and oxygen atoms in total. The van der Waals surface area contributed by atoms with Crippen molar-refractivity contribution in [2.45, 2.75) is 12.0 Å². The van der Waals surface area contributed by atoms with Crippen molar-refractivity contribution in [3.63, 3.8) is 0 Å². The minimum Gasteiger partial charge on any atom is -0.504 e. The molecule has 140 valence electrons. The molecule has 6 heteroatoms. The van der Waals surface area contributed by atoms with Crippen LogP contribution < -0.4 is 9.64 Å². The second kappa shape index (κ2) is 5.73. The fourth-order valence-corrected chi connectivity index (χ4v) is 4.13. The zero-order valence-corrected chi connectivity index (χ0v) is 14.7. The Morgan fingerprint density at radius 2 is 1.71 bits per heavy atom. The SMILES string of the molecule is O=C1N(Cc2ccc(F)cc2)c2ccccc2C12COc1cc(O)c(O)cc12. The molecule has 1 unspecified atom stereocenters. The molecule has 1 amide bonds. The van der Waals surface area contributed by atoms with Gasteiger partial charge in [0, 0.05) is 17.3 Å². The van der Waals surface area contributed by atoms with Gasteiger partial charge in [-0.05, 0) is 35.4 Å². The third-order valence-electron chi connectivity index (χ3n) is 5.50. The van der Waals surface area contributed by atoms with Gasteiger partial charge in [-0.1, -0.05) is 30.3 Å². The number of benzene rings is 3. The first-order chi connectivity index (χ1) is 13.5. The van der Waals surface area contributed by atoms with E-state index in [-0.39, 0.29) is 36.4 Å². The first-order valence-electron chi connectivity index (χ1n) is 8.86. The van der Waals surface area contributed by atoms with Crippen molar-refractivity contribution in [1.29, 1.82) is 0 Å². The fourth-order valence-electron chi connectivity index (χ4n) is 4.13. The van der Waals surface area contributed by atoms with Gasteiger partial charge >= 0.3 is 0 Å². The van der Waals surface area contributed by atoms with Crippen molar-refractivity contribution in [1.82, 2.24) is 0 Å². The summed E-state index contributed by atoms with van der Waals surface area (Å²) in [5.41, 5.74) is 1.78. The van der Waals surface area contributed by atoms with Crippen LogP contribution in [-0.4, -0.2) is 22.7 Å². The zero-order valence-electron chi connectivity index (χ0n) is 14.7. The molecule has 2 N–H and O–H groups in total. The number of ether oxygens (including phenoxy) is 1. The third kappa shape index (κ3) is 2.14. The molecule has 28 heavy (non-hydrogen) atoms. The van der Waals surface area contributed by atoms with Gasteiger partial charge in [-0.3, -0.25) is 4.79 Å². The summed E-state index contributed by atoms with van der Waals surface area (Å²) in [7, 11) is 0. The lowest BCUT2D eigenvalue weighted by Gasteiger charge is -2.23. The molecule has 1 spiro atoms. The van der Waals surface area contributed by atoms with E-state index in [0.717, 1.165) is 16.8 Å². The largest absolute Gasteiger partial charge is 0.504 e. The maximum atomic E-state index is 13.6. The Bertz CT molecular complexity index is 1110. The topological polar surface area (TPSA) is 70.0 Å². The lowest BCUT2D eigenvalue weighted by molar-refractivity contribution is -0.122. The Kier molecular flexibility index (Phi) is 3.40. The Morgan fingerprint density at radius 3 is 2.50 bits per heavy atom. The summed E-state index contributed by atoms with van der Waals surface area (Å²) in [5, 5.41) is 19.8. The highest BCUT2D eigenvalue weighted by atomic mass is 19.1. The summed E-state index contributed by atoms with van der Waals surface area (Å²) < 4.78 is 19.0. The summed E-state index contributed by atoms with van der Waals surface area (Å²) in [6.45, 7) is 0.373. The minimum absolute atomic E-state index is 0.0843. The van der Waals surface area contributed by atoms with Gasteiger partial charge in [-0.25, -0.2) is 4.39 Å². The van der Waals surface area contributed by atoms with E-state index < -0.39 is 5.41 Å². The Hall–Kier alpha value is -3.54. The molecule has 2 heterocycles. The number of hydrogen-bond acceptors (Lipinski definition) is 4. The molecule has 3 aromatic rings. The van der Waals surface area contributed by atoms with Crippen LogP contribution >= 0.6 is 0 Å². The summed E-state index contributed by atoms with van der Waals surface area (Å²) in [5.74, 6) is -0.727. The molecule has 0 fully saturated rings. The van der Waals surface area contributed by atoms with Crippen LogP contribution in [0.1, 0.15) is 16.7 Å². The van der Waals surface area contributed by atoms with E-state index in [1.54, 1.807) is 17.0 Å². The van der Waals surface area contributed by atoms with Gasteiger partial charge < -0.3 is 19.8 Å². The first-order valence-corrected chi connectivity index (χ1v) is 8.86. The maximum Gasteiger partial charge on any atom is 0.246 e. The third-order valence-corrected chi connectivity index (χ3v) is 5.50. The van der Waals surface area contributed by atoms with Crippen LogP contribution in [0.5, 0.6) is 17.2 Å². The number of phenolic OH excluding ortho intramolecular Hbond substituents is 2. The van der Waals surface area contributed by atoms with Crippen molar-refractivity contribution in [3.8, 4) is 17.2 Å². The van der Waals surface area contributed by atoms with E-state index in [4.69, 9.17) is 4.74 Å². The van der Waals surface area contributed by atoms with E-state index in [1.165, 1.54) is 24.3 Å². The number of aromatic hydroxyl groups is 2. The molecule has 1 atom stereocenters. The molecule has 3 aromatic carbocycles. The number of carbonyl (C=O) groups is 1. The number of para-hydroxylation sites is 1. The molecule has 0 aromatic heterocycles. The standard InChI is InChI=1S/C22H16FNO4/c23-14-7-5-13(6-8-14)11-24-17-4-2-1-3-15(17)22(21(24)27)12-28-20-10-19(26)18(25)9-16(20)22/h1-10,25-26H,11-12H2. The van der Waals surface area contributed by atoms with Gasteiger partial charge in [0.1, 0.15) is 23.6 Å². The maximum absolute atomic E-state index is 13.6. The summed E-state index contributed by atoms with van der Waals surface area (Å²) in [6.07, 6.45) is 0. The van der Waals surface area contributed by atoms with Gasteiger partial charge in [0.05, 0.1) is 6.54 Å². The quantitative estimate of drug-likeness (QED) is 0.671. The molecular formula is C22H16FNO4. The molecule has 0 saturated heterocycles. The Morgan fingerprint density at radius 1 is 1.00 bits per heavy atom. The van der Waals surface area contributed by atoms with Crippen molar-refractivity contribution < 1.29 is 24.1 Å². The second-order valence-electron chi connectivity index (χ2n) is 7.07. The van der Waals surface area contributed by atoms with Crippen molar-refractivity contribution in [2.75, 3.05) is 11.5 Å². The van der Waals surface area contributed by atoms with Crippen LogP contribution in [0.15, 0.2) is 60.7 Å². The van der Waals surface area contributed by atoms with Crippen LogP contribution in [0, 0.1) is 5.82 Å². The monoisotopic (exact) mass is 377 g/mol. The lowest BCUT2D eigenvalue weighted by Crippen LogP contribution is -2.42. The number of phenols is 2. The van der Waals surface area contributed by atoms with Crippen LogP contribution in [0.2, 0.25) is 0 Å². The number of fused-ring (bicyclic) bond motifs is 4. The number of nitrogens with zero attached hydrogens (tertiary/aromatic N) is 1. The summed E-state index contributed by atoms with van der Waals surface area (Å²) in [6, 6.07) is 16.2. The minimum atomic E-state index is -1.09. The van der Waals surface area contributed by atoms with Gasteiger partial charge in [0.2, 0.25) is 5.91 Å². The molecule has 2 aliphatic rings. The van der Waals surface area contributed by atoms with E-state index >= 15 is 0 Å². The number of carbonyl (C=O) groups excluding carboxylic acids is 1. The van der Waals surface area contributed by atoms with Crippen LogP contribution in [0.4, 0.5) is 10.1 Å². The number of anilines is 1. The number of hydrogen-bond donors (Lipinski definition) is 2. The highest BCUT2D eigenvalue weighted by Crippen LogP contribution is 2.54. The summed E-state index contributed by atoms with van der Waals surface area (Å²) in [4.78, 5) is 15.3. The molecule has 0 bridgehead atoms. The average molecular weight is 377 g/mol. The van der Waals surface area contributed by atoms with E-state index in [2.05, 4.69) is 0 Å². The van der Waals surface area contributed by atoms with Crippen molar-refractivity contribution in [2.24, 2.45) is 0 Å². The smallest absolute Gasteiger partial charge is 0.246 e. The van der Waals surface area contributed by atoms with Gasteiger partial charge in [-0.15, -0.1) is 0 Å². The number of amides is 1. The van der Waals surface area contributed by atoms with Gasteiger partial charge in [-0.2, -0.15) is 0 Å². The van der Waals surface area contributed by atoms with E-state index in [1.807, 2.05) is 24.3 Å². The predicted octanol–water partition coefficient (Wildman–Crippen LogP) is 3.46. The second-order valence-corrected chi connectivity index (χ2v) is 7.07. The molecule has 2 aliphatic heterocycles. The first kappa shape index (κ1) is 16.6. The molecular weight excluding hydrogens is 361 g/mol. The highest BCUT2D eigenvalue weighted by molar-refractivity contribution is 6.11. The number of halogens is 1. The van der Waals surface area contributed by atoms with Crippen molar-refractivity contribution >= 4 is 11.6 Å².